The van der Waals surface area contributed by atoms with Crippen molar-refractivity contribution in [3.05, 3.63) is 61.1 Å². The standard InChI is InChI=1S/C14H9Cl3N2O4/c1-23-13-9(4-7(15)5-11(13)17)14(20)18-8-2-3-10(16)12(6-8)19(21)22/h2-6H,1H3,(H,18,20). The van der Waals surface area contributed by atoms with Crippen LogP contribution in [0.15, 0.2) is 30.3 Å². The lowest BCUT2D eigenvalue weighted by Gasteiger charge is -2.11. The van der Waals surface area contributed by atoms with E-state index < -0.39 is 10.8 Å². The van der Waals surface area contributed by atoms with Gasteiger partial charge in [0.1, 0.15) is 10.8 Å². The van der Waals surface area contributed by atoms with E-state index in [1.54, 1.807) is 0 Å². The number of anilines is 1. The quantitative estimate of drug-likeness (QED) is 0.614. The summed E-state index contributed by atoms with van der Waals surface area (Å²) in [5.74, 6) is -0.431. The van der Waals surface area contributed by atoms with Gasteiger partial charge < -0.3 is 10.1 Å². The Balaban J connectivity index is 2.37. The van der Waals surface area contributed by atoms with Crippen LogP contribution in [-0.2, 0) is 0 Å². The van der Waals surface area contributed by atoms with Crippen molar-refractivity contribution < 1.29 is 14.5 Å². The molecule has 2 aromatic rings. The number of carbonyl (C=O) groups is 1. The van der Waals surface area contributed by atoms with Crippen LogP contribution in [0.5, 0.6) is 5.75 Å². The Labute approximate surface area is 146 Å². The molecule has 0 fully saturated rings. The number of ether oxygens (including phenoxy) is 1. The van der Waals surface area contributed by atoms with Crippen LogP contribution in [0.25, 0.3) is 0 Å². The predicted molar refractivity (Wildman–Crippen MR) is 89.1 cm³/mol. The summed E-state index contributed by atoms with van der Waals surface area (Å²) in [6.07, 6.45) is 0. The van der Waals surface area contributed by atoms with E-state index in [9.17, 15) is 14.9 Å². The molecule has 2 aromatic carbocycles. The molecular formula is C14H9Cl3N2O4. The van der Waals surface area contributed by atoms with Crippen LogP contribution in [0.2, 0.25) is 15.1 Å². The minimum absolute atomic E-state index is 0.0311. The number of nitro groups is 1. The number of methoxy groups -OCH3 is 1. The molecule has 0 radical (unpaired) electrons. The molecule has 0 aromatic heterocycles. The van der Waals surface area contributed by atoms with Crippen molar-refractivity contribution in [3.63, 3.8) is 0 Å². The van der Waals surface area contributed by atoms with Gasteiger partial charge in [0, 0.05) is 16.8 Å². The zero-order chi connectivity index (χ0) is 17.1. The Hall–Kier alpha value is -2.02. The molecule has 0 atom stereocenters. The number of nitro benzene ring substituents is 1. The third kappa shape index (κ3) is 3.85. The van der Waals surface area contributed by atoms with E-state index in [1.807, 2.05) is 0 Å². The van der Waals surface area contributed by atoms with Gasteiger partial charge in [0.15, 0.2) is 0 Å². The molecule has 0 aliphatic carbocycles. The molecule has 0 bridgehead atoms. The molecule has 9 heteroatoms. The summed E-state index contributed by atoms with van der Waals surface area (Å²) in [5, 5.41) is 13.8. The highest BCUT2D eigenvalue weighted by atomic mass is 35.5. The maximum Gasteiger partial charge on any atom is 0.289 e. The average molecular weight is 376 g/mol. The van der Waals surface area contributed by atoms with Crippen LogP contribution in [0.4, 0.5) is 11.4 Å². The van der Waals surface area contributed by atoms with Crippen LogP contribution in [-0.4, -0.2) is 17.9 Å². The number of halogens is 3. The van der Waals surface area contributed by atoms with E-state index >= 15 is 0 Å². The third-order valence-corrected chi connectivity index (χ3v) is 3.68. The predicted octanol–water partition coefficient (Wildman–Crippen LogP) is 4.82. The van der Waals surface area contributed by atoms with Crippen molar-refractivity contribution in [1.29, 1.82) is 0 Å². The minimum atomic E-state index is -0.644. The normalized spacial score (nSPS) is 10.3. The second-order valence-corrected chi connectivity index (χ2v) is 5.60. The molecule has 0 aliphatic heterocycles. The third-order valence-electron chi connectivity index (χ3n) is 2.86. The van der Waals surface area contributed by atoms with Gasteiger partial charge in [-0.3, -0.25) is 14.9 Å². The summed E-state index contributed by atoms with van der Waals surface area (Å²) in [5.41, 5.74) is -0.0209. The molecule has 0 aliphatic rings. The van der Waals surface area contributed by atoms with Crippen molar-refractivity contribution in [2.24, 2.45) is 0 Å². The molecule has 0 saturated heterocycles. The van der Waals surface area contributed by atoms with Gasteiger partial charge in [-0.05, 0) is 24.3 Å². The highest BCUT2D eigenvalue weighted by Crippen LogP contribution is 2.33. The first-order valence-electron chi connectivity index (χ1n) is 6.11. The summed E-state index contributed by atoms with van der Waals surface area (Å²) in [6, 6.07) is 6.72. The van der Waals surface area contributed by atoms with E-state index in [-0.39, 0.29) is 37.8 Å². The fourth-order valence-electron chi connectivity index (χ4n) is 1.87. The molecule has 6 nitrogen and oxygen atoms in total. The lowest BCUT2D eigenvalue weighted by atomic mass is 10.1. The molecule has 2 rings (SSSR count). The van der Waals surface area contributed by atoms with Crippen LogP contribution < -0.4 is 10.1 Å². The number of nitrogens with zero attached hydrogens (tertiary/aromatic N) is 1. The zero-order valence-corrected chi connectivity index (χ0v) is 13.9. The lowest BCUT2D eigenvalue weighted by molar-refractivity contribution is -0.384. The monoisotopic (exact) mass is 374 g/mol. The number of carbonyl (C=O) groups excluding carboxylic acids is 1. The molecule has 0 saturated carbocycles. The van der Waals surface area contributed by atoms with Gasteiger partial charge >= 0.3 is 0 Å². The first-order chi connectivity index (χ1) is 10.8. The Morgan fingerprint density at radius 1 is 1.17 bits per heavy atom. The largest absolute Gasteiger partial charge is 0.494 e. The van der Waals surface area contributed by atoms with Crippen molar-refractivity contribution in [2.45, 2.75) is 0 Å². The average Bonchev–Trinajstić information content (AvgIpc) is 2.48. The van der Waals surface area contributed by atoms with E-state index in [1.165, 1.54) is 31.4 Å². The SMILES string of the molecule is COc1c(Cl)cc(Cl)cc1C(=O)Nc1ccc(Cl)c([N+](=O)[O-])c1. The molecule has 23 heavy (non-hydrogen) atoms. The first kappa shape index (κ1) is 17.3. The molecule has 0 unspecified atom stereocenters. The Kier molecular flexibility index (Phi) is 5.30. The summed E-state index contributed by atoms with van der Waals surface area (Å²) < 4.78 is 5.09. The van der Waals surface area contributed by atoms with Crippen molar-refractivity contribution >= 4 is 52.1 Å². The van der Waals surface area contributed by atoms with Gasteiger partial charge in [-0.15, -0.1) is 0 Å². The lowest BCUT2D eigenvalue weighted by Crippen LogP contribution is -2.13. The van der Waals surface area contributed by atoms with Gasteiger partial charge in [0.25, 0.3) is 11.6 Å². The summed E-state index contributed by atoms with van der Waals surface area (Å²) in [4.78, 5) is 22.6. The van der Waals surface area contributed by atoms with E-state index in [4.69, 9.17) is 39.5 Å². The molecule has 1 amide bonds. The summed E-state index contributed by atoms with van der Waals surface area (Å²) >= 11 is 17.6. The van der Waals surface area contributed by atoms with Gasteiger partial charge in [-0.25, -0.2) is 0 Å². The minimum Gasteiger partial charge on any atom is -0.494 e. The van der Waals surface area contributed by atoms with Crippen LogP contribution in [0.3, 0.4) is 0 Å². The highest BCUT2D eigenvalue weighted by Gasteiger charge is 2.19. The number of benzene rings is 2. The maximum atomic E-state index is 12.4. The van der Waals surface area contributed by atoms with Gasteiger partial charge in [-0.2, -0.15) is 0 Å². The molecule has 1 N–H and O–H groups in total. The smallest absolute Gasteiger partial charge is 0.289 e. The van der Waals surface area contributed by atoms with Crippen LogP contribution in [0.1, 0.15) is 10.4 Å². The maximum absolute atomic E-state index is 12.4. The summed E-state index contributed by atoms with van der Waals surface area (Å²) in [7, 11) is 1.36. The molecule has 120 valence electrons. The highest BCUT2D eigenvalue weighted by molar-refractivity contribution is 6.36. The Morgan fingerprint density at radius 3 is 2.48 bits per heavy atom. The molecule has 0 spiro atoms. The van der Waals surface area contributed by atoms with Crippen molar-refractivity contribution in [3.8, 4) is 5.75 Å². The zero-order valence-electron chi connectivity index (χ0n) is 11.6. The van der Waals surface area contributed by atoms with Gasteiger partial charge in [0.2, 0.25) is 0 Å². The van der Waals surface area contributed by atoms with Crippen LogP contribution in [0, 0.1) is 10.1 Å². The number of rotatable bonds is 4. The number of amides is 1. The Morgan fingerprint density at radius 2 is 1.87 bits per heavy atom. The molecule has 0 heterocycles. The molecular weight excluding hydrogens is 367 g/mol. The second kappa shape index (κ2) is 7.04. The van der Waals surface area contributed by atoms with E-state index in [0.717, 1.165) is 6.07 Å². The Bertz CT molecular complexity index is 796. The number of nitrogens with one attached hydrogen (secondary N) is 1. The number of hydrogen-bond acceptors (Lipinski definition) is 4. The van der Waals surface area contributed by atoms with Crippen molar-refractivity contribution in [2.75, 3.05) is 12.4 Å². The first-order valence-corrected chi connectivity index (χ1v) is 7.25. The topological polar surface area (TPSA) is 81.5 Å². The van der Waals surface area contributed by atoms with Crippen LogP contribution >= 0.6 is 34.8 Å². The fourth-order valence-corrected chi connectivity index (χ4v) is 2.62. The van der Waals surface area contributed by atoms with E-state index in [0.29, 0.717) is 0 Å². The summed E-state index contributed by atoms with van der Waals surface area (Å²) in [6.45, 7) is 0. The second-order valence-electron chi connectivity index (χ2n) is 4.35. The number of hydrogen-bond donors (Lipinski definition) is 1. The fraction of sp³-hybridized carbons (Fsp3) is 0.0714. The van der Waals surface area contributed by atoms with Crippen molar-refractivity contribution in [1.82, 2.24) is 0 Å². The van der Waals surface area contributed by atoms with E-state index in [2.05, 4.69) is 5.32 Å². The van der Waals surface area contributed by atoms with Gasteiger partial charge in [-0.1, -0.05) is 34.8 Å². The van der Waals surface area contributed by atoms with Gasteiger partial charge in [0.05, 0.1) is 22.6 Å².